The number of piperidine rings is 1. The third-order valence-corrected chi connectivity index (χ3v) is 5.27. The second kappa shape index (κ2) is 6.91. The van der Waals surface area contributed by atoms with Gasteiger partial charge in [0.15, 0.2) is 0 Å². The van der Waals surface area contributed by atoms with E-state index in [1.54, 1.807) is 12.2 Å². The lowest BCUT2D eigenvalue weighted by Gasteiger charge is -2.32. The van der Waals surface area contributed by atoms with Crippen molar-refractivity contribution in [1.29, 1.82) is 0 Å². The number of ether oxygens (including phenoxy) is 1. The molecule has 1 unspecified atom stereocenters. The standard InChI is InChI=1S/C16H22N2O3S/c19-9-12-7-14(22-11-12)1-2-15(20)18-13-8-16(21-10-13)3-5-17-6-4-16/h1-2,7,11,13,17,19H,3-6,8-10H2,(H,18,20). The van der Waals surface area contributed by atoms with Crippen molar-refractivity contribution in [2.75, 3.05) is 19.7 Å². The van der Waals surface area contributed by atoms with Crippen LogP contribution in [-0.4, -0.2) is 42.4 Å². The van der Waals surface area contributed by atoms with Crippen molar-refractivity contribution >= 4 is 23.3 Å². The van der Waals surface area contributed by atoms with Gasteiger partial charge < -0.3 is 20.5 Å². The van der Waals surface area contributed by atoms with Gasteiger partial charge in [-0.15, -0.1) is 11.3 Å². The van der Waals surface area contributed by atoms with E-state index in [1.165, 1.54) is 11.3 Å². The normalized spacial score (nSPS) is 24.1. The molecule has 0 bridgehead atoms. The van der Waals surface area contributed by atoms with Crippen molar-refractivity contribution in [1.82, 2.24) is 10.6 Å². The molecule has 0 radical (unpaired) electrons. The van der Waals surface area contributed by atoms with Gasteiger partial charge in [-0.05, 0) is 55.4 Å². The topological polar surface area (TPSA) is 70.6 Å². The summed E-state index contributed by atoms with van der Waals surface area (Å²) in [7, 11) is 0. The van der Waals surface area contributed by atoms with Gasteiger partial charge in [0.2, 0.25) is 5.91 Å². The minimum Gasteiger partial charge on any atom is -0.392 e. The van der Waals surface area contributed by atoms with E-state index in [0.717, 1.165) is 42.8 Å². The first-order valence-electron chi connectivity index (χ1n) is 7.71. The highest BCUT2D eigenvalue weighted by Crippen LogP contribution is 2.33. The molecule has 1 aromatic heterocycles. The van der Waals surface area contributed by atoms with Crippen LogP contribution in [0.25, 0.3) is 6.08 Å². The molecule has 6 heteroatoms. The summed E-state index contributed by atoms with van der Waals surface area (Å²) in [6, 6.07) is 1.99. The maximum absolute atomic E-state index is 12.0. The van der Waals surface area contributed by atoms with Crippen LogP contribution in [0.1, 0.15) is 29.7 Å². The van der Waals surface area contributed by atoms with E-state index in [-0.39, 0.29) is 24.2 Å². The van der Waals surface area contributed by atoms with Crippen molar-refractivity contribution in [3.8, 4) is 0 Å². The molecule has 2 fully saturated rings. The molecule has 3 N–H and O–H groups in total. The van der Waals surface area contributed by atoms with E-state index < -0.39 is 0 Å². The van der Waals surface area contributed by atoms with Crippen molar-refractivity contribution in [3.05, 3.63) is 28.0 Å². The molecule has 3 rings (SSSR count). The SMILES string of the molecule is O=C(C=Cc1cc(CO)cs1)NC1COC2(CCNCC2)C1. The Morgan fingerprint density at radius 3 is 3.09 bits per heavy atom. The number of hydrogen-bond acceptors (Lipinski definition) is 5. The first-order chi connectivity index (χ1) is 10.7. The Hall–Kier alpha value is -1.21. The fourth-order valence-corrected chi connectivity index (χ4v) is 3.94. The summed E-state index contributed by atoms with van der Waals surface area (Å²) in [4.78, 5) is 13.0. The summed E-state index contributed by atoms with van der Waals surface area (Å²) in [5, 5.41) is 17.3. The number of nitrogens with one attached hydrogen (secondary N) is 2. The molecule has 1 aromatic rings. The zero-order valence-electron chi connectivity index (χ0n) is 12.5. The summed E-state index contributed by atoms with van der Waals surface area (Å²) in [6.45, 7) is 2.62. The van der Waals surface area contributed by atoms with Crippen LogP contribution in [0.3, 0.4) is 0 Å². The van der Waals surface area contributed by atoms with Crippen LogP contribution in [-0.2, 0) is 16.1 Å². The van der Waals surface area contributed by atoms with Gasteiger partial charge in [0, 0.05) is 11.0 Å². The Balaban J connectivity index is 1.49. The van der Waals surface area contributed by atoms with Crippen molar-refractivity contribution in [2.45, 2.75) is 37.5 Å². The van der Waals surface area contributed by atoms with E-state index in [0.29, 0.717) is 6.61 Å². The fourth-order valence-electron chi connectivity index (χ4n) is 3.14. The Morgan fingerprint density at radius 2 is 2.36 bits per heavy atom. The molecule has 22 heavy (non-hydrogen) atoms. The first-order valence-corrected chi connectivity index (χ1v) is 8.59. The van der Waals surface area contributed by atoms with Crippen LogP contribution >= 0.6 is 11.3 Å². The average Bonchev–Trinajstić information content (AvgIpc) is 3.14. The number of amides is 1. The maximum Gasteiger partial charge on any atom is 0.244 e. The van der Waals surface area contributed by atoms with Crippen LogP contribution in [0.2, 0.25) is 0 Å². The van der Waals surface area contributed by atoms with Gasteiger partial charge in [-0.25, -0.2) is 0 Å². The number of carbonyl (C=O) groups excluding carboxylic acids is 1. The molecule has 1 amide bonds. The lowest BCUT2D eigenvalue weighted by molar-refractivity contribution is -0.117. The highest BCUT2D eigenvalue weighted by Gasteiger charge is 2.41. The van der Waals surface area contributed by atoms with Crippen LogP contribution in [0.4, 0.5) is 0 Å². The maximum atomic E-state index is 12.0. The zero-order valence-corrected chi connectivity index (χ0v) is 13.3. The second-order valence-electron chi connectivity index (χ2n) is 6.00. The predicted molar refractivity (Wildman–Crippen MR) is 86.6 cm³/mol. The van der Waals surface area contributed by atoms with E-state index in [4.69, 9.17) is 9.84 Å². The Kier molecular flexibility index (Phi) is 4.93. The zero-order chi connectivity index (χ0) is 15.4. The summed E-state index contributed by atoms with van der Waals surface area (Å²) in [6.07, 6.45) is 6.29. The van der Waals surface area contributed by atoms with Gasteiger partial charge in [-0.1, -0.05) is 0 Å². The average molecular weight is 322 g/mol. The summed E-state index contributed by atoms with van der Waals surface area (Å²) >= 11 is 1.52. The molecule has 5 nitrogen and oxygen atoms in total. The minimum atomic E-state index is -0.0847. The molecule has 120 valence electrons. The number of carbonyl (C=O) groups is 1. The highest BCUT2D eigenvalue weighted by atomic mass is 32.1. The quantitative estimate of drug-likeness (QED) is 0.731. The van der Waals surface area contributed by atoms with E-state index in [2.05, 4.69) is 10.6 Å². The molecule has 3 heterocycles. The van der Waals surface area contributed by atoms with Crippen molar-refractivity contribution < 1.29 is 14.6 Å². The monoisotopic (exact) mass is 322 g/mol. The summed E-state index contributed by atoms with van der Waals surface area (Å²) < 4.78 is 5.97. The first kappa shape index (κ1) is 15.7. The number of thiophene rings is 1. The van der Waals surface area contributed by atoms with Gasteiger partial charge >= 0.3 is 0 Å². The molecule has 0 aromatic carbocycles. The predicted octanol–water partition coefficient (Wildman–Crippen LogP) is 1.28. The van der Waals surface area contributed by atoms with Gasteiger partial charge in [0.05, 0.1) is 24.9 Å². The highest BCUT2D eigenvalue weighted by molar-refractivity contribution is 7.11. The van der Waals surface area contributed by atoms with Crippen molar-refractivity contribution in [2.24, 2.45) is 0 Å². The largest absolute Gasteiger partial charge is 0.392 e. The lowest BCUT2D eigenvalue weighted by atomic mass is 9.88. The summed E-state index contributed by atoms with van der Waals surface area (Å²) in [5.41, 5.74) is 0.846. The molecule has 1 atom stereocenters. The third-order valence-electron chi connectivity index (χ3n) is 4.33. The van der Waals surface area contributed by atoms with E-state index in [1.807, 2.05) is 11.4 Å². The van der Waals surface area contributed by atoms with Crippen LogP contribution in [0.5, 0.6) is 0 Å². The third kappa shape index (κ3) is 3.76. The fraction of sp³-hybridized carbons (Fsp3) is 0.562. The van der Waals surface area contributed by atoms with Gasteiger partial charge in [0.25, 0.3) is 0 Å². The summed E-state index contributed by atoms with van der Waals surface area (Å²) in [5.74, 6) is -0.0847. The number of aliphatic hydroxyl groups excluding tert-OH is 1. The molecule has 2 aliphatic heterocycles. The lowest BCUT2D eigenvalue weighted by Crippen LogP contribution is -2.42. The van der Waals surface area contributed by atoms with Gasteiger partial charge in [0.1, 0.15) is 0 Å². The molecular weight excluding hydrogens is 300 g/mol. The molecule has 0 saturated carbocycles. The van der Waals surface area contributed by atoms with E-state index >= 15 is 0 Å². The van der Waals surface area contributed by atoms with Crippen LogP contribution in [0.15, 0.2) is 17.5 Å². The van der Waals surface area contributed by atoms with Crippen molar-refractivity contribution in [3.63, 3.8) is 0 Å². The molecule has 1 spiro atoms. The second-order valence-corrected chi connectivity index (χ2v) is 6.95. The Bertz CT molecular complexity index is 549. The number of hydrogen-bond donors (Lipinski definition) is 3. The Morgan fingerprint density at radius 1 is 1.55 bits per heavy atom. The van der Waals surface area contributed by atoms with Crippen LogP contribution in [0, 0.1) is 0 Å². The van der Waals surface area contributed by atoms with Gasteiger partial charge in [-0.3, -0.25) is 4.79 Å². The van der Waals surface area contributed by atoms with Gasteiger partial charge in [-0.2, -0.15) is 0 Å². The molecule has 2 saturated heterocycles. The van der Waals surface area contributed by atoms with Crippen LogP contribution < -0.4 is 10.6 Å². The minimum absolute atomic E-state index is 0.0311. The number of rotatable bonds is 4. The molecule has 2 aliphatic rings. The molecular formula is C16H22N2O3S. The number of aliphatic hydroxyl groups is 1. The van der Waals surface area contributed by atoms with E-state index in [9.17, 15) is 4.79 Å². The Labute approximate surface area is 134 Å². The smallest absolute Gasteiger partial charge is 0.244 e. The molecule has 0 aliphatic carbocycles.